The number of aryl methyl sites for hydroxylation is 1. The minimum Gasteiger partial charge on any atom is -0.490 e. The zero-order chi connectivity index (χ0) is 18.8. The van der Waals surface area contributed by atoms with Gasteiger partial charge in [0, 0.05) is 0 Å². The smallest absolute Gasteiger partial charge is 0.338 e. The zero-order valence-corrected chi connectivity index (χ0v) is 15.9. The van der Waals surface area contributed by atoms with Crippen LogP contribution >= 0.6 is 0 Å². The maximum Gasteiger partial charge on any atom is 0.338 e. The number of benzene rings is 2. The summed E-state index contributed by atoms with van der Waals surface area (Å²) in [5.41, 5.74) is 1.70. The van der Waals surface area contributed by atoms with Gasteiger partial charge in [-0.15, -0.1) is 0 Å². The maximum absolute atomic E-state index is 11.7. The molecule has 0 aliphatic rings. The molecule has 0 fully saturated rings. The highest BCUT2D eigenvalue weighted by Crippen LogP contribution is 2.19. The first-order valence-electron chi connectivity index (χ1n) is 9.25. The van der Waals surface area contributed by atoms with E-state index in [-0.39, 0.29) is 12.1 Å². The Morgan fingerprint density at radius 3 is 2.46 bits per heavy atom. The average Bonchev–Trinajstić information content (AvgIpc) is 2.64. The molecule has 2 rings (SSSR count). The van der Waals surface area contributed by atoms with Crippen molar-refractivity contribution in [2.24, 2.45) is 0 Å². The molecule has 26 heavy (non-hydrogen) atoms. The molecule has 4 heteroatoms. The molecule has 140 valence electrons. The Morgan fingerprint density at radius 2 is 1.81 bits per heavy atom. The molecule has 1 atom stereocenters. The predicted molar refractivity (Wildman–Crippen MR) is 103 cm³/mol. The largest absolute Gasteiger partial charge is 0.490 e. The molecule has 0 aromatic heterocycles. The number of carbonyl (C=O) groups excluding carboxylic acids is 1. The first-order valence-corrected chi connectivity index (χ1v) is 9.25. The summed E-state index contributed by atoms with van der Waals surface area (Å²) in [7, 11) is 0. The highest BCUT2D eigenvalue weighted by molar-refractivity contribution is 5.89. The van der Waals surface area contributed by atoms with E-state index >= 15 is 0 Å². The summed E-state index contributed by atoms with van der Waals surface area (Å²) in [6.07, 6.45) is 3.12. The van der Waals surface area contributed by atoms with E-state index in [0.29, 0.717) is 24.5 Å². The molecule has 0 saturated carbocycles. The standard InChI is InChI=1S/C22H28O4/c1-4-6-9-21(26-20-10-7-8-17(3)15-20)16-25-19-13-11-18(12-14-19)22(23)24-5-2/h7-8,10-15,21H,4-6,9,16H2,1-3H3. The Kier molecular flexibility index (Phi) is 8.00. The van der Waals surface area contributed by atoms with Crippen LogP contribution in [-0.4, -0.2) is 25.3 Å². The molecule has 2 aromatic rings. The first kappa shape index (κ1) is 19.8. The lowest BCUT2D eigenvalue weighted by Gasteiger charge is -2.20. The van der Waals surface area contributed by atoms with Gasteiger partial charge in [0.1, 0.15) is 24.2 Å². The van der Waals surface area contributed by atoms with Crippen LogP contribution in [0.2, 0.25) is 0 Å². The van der Waals surface area contributed by atoms with Crippen LogP contribution in [0.15, 0.2) is 48.5 Å². The third-order valence-electron chi connectivity index (χ3n) is 3.97. The quantitative estimate of drug-likeness (QED) is 0.550. The van der Waals surface area contributed by atoms with Gasteiger partial charge < -0.3 is 14.2 Å². The molecule has 0 N–H and O–H groups in total. The molecule has 0 spiro atoms. The molecule has 0 heterocycles. The summed E-state index contributed by atoms with van der Waals surface area (Å²) in [5.74, 6) is 1.27. The van der Waals surface area contributed by atoms with E-state index in [1.165, 1.54) is 5.56 Å². The molecule has 0 bridgehead atoms. The summed E-state index contributed by atoms with van der Waals surface area (Å²) in [6.45, 7) is 6.84. The number of unbranched alkanes of at least 4 members (excludes halogenated alkanes) is 1. The molecule has 0 amide bonds. The fraction of sp³-hybridized carbons (Fsp3) is 0.409. The minimum absolute atomic E-state index is 0.0125. The molecule has 0 aliphatic carbocycles. The summed E-state index contributed by atoms with van der Waals surface area (Å²) in [6, 6.07) is 15.1. The molecule has 0 radical (unpaired) electrons. The highest BCUT2D eigenvalue weighted by atomic mass is 16.5. The topological polar surface area (TPSA) is 44.8 Å². The van der Waals surface area contributed by atoms with Crippen molar-refractivity contribution in [2.75, 3.05) is 13.2 Å². The van der Waals surface area contributed by atoms with Gasteiger partial charge in [0.25, 0.3) is 0 Å². The van der Waals surface area contributed by atoms with Crippen LogP contribution in [0.5, 0.6) is 11.5 Å². The average molecular weight is 356 g/mol. The van der Waals surface area contributed by atoms with Gasteiger partial charge in [-0.05, 0) is 68.7 Å². The van der Waals surface area contributed by atoms with E-state index < -0.39 is 0 Å². The lowest BCUT2D eigenvalue weighted by molar-refractivity contribution is 0.0526. The van der Waals surface area contributed by atoms with Gasteiger partial charge in [0.15, 0.2) is 0 Å². The molecular weight excluding hydrogens is 328 g/mol. The van der Waals surface area contributed by atoms with Crippen molar-refractivity contribution in [3.8, 4) is 11.5 Å². The van der Waals surface area contributed by atoms with Crippen LogP contribution in [0.3, 0.4) is 0 Å². The van der Waals surface area contributed by atoms with Gasteiger partial charge >= 0.3 is 5.97 Å². The van der Waals surface area contributed by atoms with Crippen molar-refractivity contribution in [2.45, 2.75) is 46.1 Å². The third kappa shape index (κ3) is 6.43. The van der Waals surface area contributed by atoms with Crippen molar-refractivity contribution in [1.29, 1.82) is 0 Å². The Balaban J connectivity index is 1.94. The Bertz CT molecular complexity index is 679. The van der Waals surface area contributed by atoms with Crippen molar-refractivity contribution in [1.82, 2.24) is 0 Å². The fourth-order valence-electron chi connectivity index (χ4n) is 2.58. The second-order valence-corrected chi connectivity index (χ2v) is 6.25. The van der Waals surface area contributed by atoms with Crippen LogP contribution in [-0.2, 0) is 4.74 Å². The monoisotopic (exact) mass is 356 g/mol. The Labute approximate surface area is 156 Å². The summed E-state index contributed by atoms with van der Waals surface area (Å²) in [5, 5.41) is 0. The van der Waals surface area contributed by atoms with Crippen LogP contribution < -0.4 is 9.47 Å². The summed E-state index contributed by atoms with van der Waals surface area (Å²) < 4.78 is 17.0. The molecular formula is C22H28O4. The van der Waals surface area contributed by atoms with Gasteiger partial charge in [0.2, 0.25) is 0 Å². The van der Waals surface area contributed by atoms with Gasteiger partial charge in [-0.25, -0.2) is 4.79 Å². The zero-order valence-electron chi connectivity index (χ0n) is 15.9. The van der Waals surface area contributed by atoms with E-state index in [1.54, 1.807) is 31.2 Å². The number of hydrogen-bond acceptors (Lipinski definition) is 4. The number of esters is 1. The van der Waals surface area contributed by atoms with Crippen molar-refractivity contribution >= 4 is 5.97 Å². The van der Waals surface area contributed by atoms with E-state index in [2.05, 4.69) is 19.9 Å². The number of carbonyl (C=O) groups is 1. The summed E-state index contributed by atoms with van der Waals surface area (Å²) in [4.78, 5) is 11.7. The van der Waals surface area contributed by atoms with Crippen LogP contribution in [0.1, 0.15) is 49.0 Å². The second kappa shape index (κ2) is 10.5. The highest BCUT2D eigenvalue weighted by Gasteiger charge is 2.12. The minimum atomic E-state index is -0.317. The molecule has 4 nitrogen and oxygen atoms in total. The van der Waals surface area contributed by atoms with Crippen molar-refractivity contribution in [3.63, 3.8) is 0 Å². The first-order chi connectivity index (χ1) is 12.6. The number of rotatable bonds is 10. The lowest BCUT2D eigenvalue weighted by atomic mass is 10.1. The van der Waals surface area contributed by atoms with Crippen molar-refractivity contribution in [3.05, 3.63) is 59.7 Å². The predicted octanol–water partition coefficient (Wildman–Crippen LogP) is 5.19. The normalized spacial score (nSPS) is 11.7. The van der Waals surface area contributed by atoms with Crippen molar-refractivity contribution < 1.29 is 19.0 Å². The van der Waals surface area contributed by atoms with Gasteiger partial charge in [-0.3, -0.25) is 0 Å². The number of ether oxygens (including phenoxy) is 3. The van der Waals surface area contributed by atoms with Gasteiger partial charge in [0.05, 0.1) is 12.2 Å². The van der Waals surface area contributed by atoms with Gasteiger partial charge in [-0.2, -0.15) is 0 Å². The van der Waals surface area contributed by atoms with E-state index in [4.69, 9.17) is 14.2 Å². The van der Waals surface area contributed by atoms with Crippen LogP contribution in [0, 0.1) is 6.92 Å². The SMILES string of the molecule is CCCCC(COc1ccc(C(=O)OCC)cc1)Oc1cccc(C)c1. The molecule has 1 unspecified atom stereocenters. The lowest BCUT2D eigenvalue weighted by Crippen LogP contribution is -2.25. The molecule has 0 saturated heterocycles. The Morgan fingerprint density at radius 1 is 1.04 bits per heavy atom. The van der Waals surface area contributed by atoms with E-state index in [9.17, 15) is 4.79 Å². The Hall–Kier alpha value is -2.49. The van der Waals surface area contributed by atoms with Gasteiger partial charge in [-0.1, -0.05) is 25.5 Å². The molecule has 2 aromatic carbocycles. The van der Waals surface area contributed by atoms with Crippen LogP contribution in [0.25, 0.3) is 0 Å². The summed E-state index contributed by atoms with van der Waals surface area (Å²) >= 11 is 0. The van der Waals surface area contributed by atoms with E-state index in [0.717, 1.165) is 25.0 Å². The third-order valence-corrected chi connectivity index (χ3v) is 3.97. The fourth-order valence-corrected chi connectivity index (χ4v) is 2.58. The van der Waals surface area contributed by atoms with E-state index in [1.807, 2.05) is 18.2 Å². The maximum atomic E-state index is 11.7. The van der Waals surface area contributed by atoms with Crippen LogP contribution in [0.4, 0.5) is 0 Å². The second-order valence-electron chi connectivity index (χ2n) is 6.25. The molecule has 0 aliphatic heterocycles. The number of hydrogen-bond donors (Lipinski definition) is 0.